The normalized spacial score (nSPS) is 10.3. The van der Waals surface area contributed by atoms with Gasteiger partial charge in [-0.15, -0.1) is 0 Å². The van der Waals surface area contributed by atoms with Crippen LogP contribution in [0.1, 0.15) is 13.3 Å². The molecule has 0 radical (unpaired) electrons. The number of anilines is 1. The van der Waals surface area contributed by atoms with Crippen LogP contribution in [0.15, 0.2) is 30.6 Å². The molecule has 0 atom stereocenters. The molecule has 0 fully saturated rings. The van der Waals surface area contributed by atoms with E-state index >= 15 is 0 Å². The predicted molar refractivity (Wildman–Crippen MR) is 70.0 cm³/mol. The van der Waals surface area contributed by atoms with Gasteiger partial charge in [0, 0.05) is 12.6 Å². The largest absolute Gasteiger partial charge is 0.497 e. The van der Waals surface area contributed by atoms with Crippen LogP contribution in [0.5, 0.6) is 17.2 Å². The molecule has 18 heavy (non-hydrogen) atoms. The summed E-state index contributed by atoms with van der Waals surface area (Å²) in [6.07, 6.45) is 4.55. The first-order chi connectivity index (χ1) is 8.72. The highest BCUT2D eigenvalue weighted by molar-refractivity contribution is 5.56. The molecule has 5 nitrogen and oxygen atoms in total. The number of benzene rings is 1. The van der Waals surface area contributed by atoms with E-state index in [1.165, 1.54) is 0 Å². The molecule has 1 heterocycles. The highest BCUT2D eigenvalue weighted by atomic mass is 16.5. The molecule has 96 valence electrons. The minimum Gasteiger partial charge on any atom is -0.497 e. The molecule has 0 aliphatic rings. The second-order valence-electron chi connectivity index (χ2n) is 3.94. The predicted octanol–water partition coefficient (Wildman–Crippen LogP) is 2.68. The highest BCUT2D eigenvalue weighted by Gasteiger charge is 2.06. The van der Waals surface area contributed by atoms with Crippen molar-refractivity contribution in [2.24, 2.45) is 0 Å². The molecule has 5 heteroatoms. The van der Waals surface area contributed by atoms with E-state index in [-0.39, 0.29) is 0 Å². The van der Waals surface area contributed by atoms with E-state index < -0.39 is 0 Å². The van der Waals surface area contributed by atoms with Crippen LogP contribution in [0.3, 0.4) is 0 Å². The van der Waals surface area contributed by atoms with E-state index in [0.29, 0.717) is 22.9 Å². The number of nitrogens with zero attached hydrogens (tertiary/aromatic N) is 2. The topological polar surface area (TPSA) is 62.3 Å². The number of nitrogens with two attached hydrogens (primary N) is 1. The Morgan fingerprint density at radius 2 is 2.17 bits per heavy atom. The van der Waals surface area contributed by atoms with Crippen LogP contribution in [0.2, 0.25) is 0 Å². The molecule has 2 N–H and O–H groups in total. The van der Waals surface area contributed by atoms with Gasteiger partial charge >= 0.3 is 0 Å². The Kier molecular flexibility index (Phi) is 3.72. The van der Waals surface area contributed by atoms with E-state index in [0.717, 1.165) is 13.0 Å². The molecule has 2 rings (SSSR count). The molecule has 1 aromatic carbocycles. The van der Waals surface area contributed by atoms with Crippen molar-refractivity contribution >= 4 is 5.69 Å². The fraction of sp³-hybridized carbons (Fsp3) is 0.308. The second-order valence-corrected chi connectivity index (χ2v) is 3.94. The summed E-state index contributed by atoms with van der Waals surface area (Å²) in [6.45, 7) is 2.97. The summed E-state index contributed by atoms with van der Waals surface area (Å²) < 4.78 is 12.7. The van der Waals surface area contributed by atoms with Gasteiger partial charge < -0.3 is 15.2 Å². The molecule has 0 aliphatic heterocycles. The van der Waals surface area contributed by atoms with Gasteiger partial charge in [0.2, 0.25) is 0 Å². The van der Waals surface area contributed by atoms with Crippen molar-refractivity contribution in [1.29, 1.82) is 0 Å². The minimum absolute atomic E-state index is 0.569. The van der Waals surface area contributed by atoms with Crippen molar-refractivity contribution in [2.75, 3.05) is 12.8 Å². The van der Waals surface area contributed by atoms with Crippen LogP contribution < -0.4 is 15.2 Å². The maximum absolute atomic E-state index is 5.85. The van der Waals surface area contributed by atoms with Crippen LogP contribution >= 0.6 is 0 Å². The first-order valence-electron chi connectivity index (χ1n) is 5.86. The average molecular weight is 247 g/mol. The number of methoxy groups -OCH3 is 1. The SMILES string of the molecule is CCCn1cc(Oc2cc(OC)ccc2N)cn1. The lowest BCUT2D eigenvalue weighted by atomic mass is 10.3. The number of hydrogen-bond donors (Lipinski definition) is 1. The van der Waals surface area contributed by atoms with Gasteiger partial charge in [-0.3, -0.25) is 4.68 Å². The first-order valence-corrected chi connectivity index (χ1v) is 5.86. The molecule has 2 aromatic rings. The first kappa shape index (κ1) is 12.3. The summed E-state index contributed by atoms with van der Waals surface area (Å²) in [6, 6.07) is 5.31. The van der Waals surface area contributed by atoms with Crippen LogP contribution in [0.4, 0.5) is 5.69 Å². The van der Waals surface area contributed by atoms with Crippen molar-refractivity contribution in [3.63, 3.8) is 0 Å². The smallest absolute Gasteiger partial charge is 0.165 e. The molecule has 0 aliphatic carbocycles. The summed E-state index contributed by atoms with van der Waals surface area (Å²) in [4.78, 5) is 0. The highest BCUT2D eigenvalue weighted by Crippen LogP contribution is 2.30. The van der Waals surface area contributed by atoms with Crippen LogP contribution in [-0.2, 0) is 6.54 Å². The standard InChI is InChI=1S/C13H17N3O2/c1-3-6-16-9-11(8-15-16)18-13-7-10(17-2)4-5-12(13)14/h4-5,7-9H,3,6,14H2,1-2H3. The van der Waals surface area contributed by atoms with Gasteiger partial charge in [0.05, 0.1) is 25.2 Å². The van der Waals surface area contributed by atoms with E-state index in [1.54, 1.807) is 31.5 Å². The summed E-state index contributed by atoms with van der Waals surface area (Å²) in [5.74, 6) is 1.95. The summed E-state index contributed by atoms with van der Waals surface area (Å²) in [7, 11) is 1.61. The fourth-order valence-electron chi connectivity index (χ4n) is 1.61. The lowest BCUT2D eigenvalue weighted by Gasteiger charge is -2.08. The maximum atomic E-state index is 5.85. The minimum atomic E-state index is 0.569. The summed E-state index contributed by atoms with van der Waals surface area (Å²) in [5, 5.41) is 4.19. The van der Waals surface area contributed by atoms with Gasteiger partial charge in [-0.1, -0.05) is 6.92 Å². The zero-order chi connectivity index (χ0) is 13.0. The lowest BCUT2D eigenvalue weighted by Crippen LogP contribution is -1.95. The van der Waals surface area contributed by atoms with Crippen LogP contribution in [-0.4, -0.2) is 16.9 Å². The fourth-order valence-corrected chi connectivity index (χ4v) is 1.61. The van der Waals surface area contributed by atoms with Crippen LogP contribution in [0.25, 0.3) is 0 Å². The number of ether oxygens (including phenoxy) is 2. The molecule has 0 saturated heterocycles. The zero-order valence-electron chi connectivity index (χ0n) is 10.6. The maximum Gasteiger partial charge on any atom is 0.165 e. The molecular weight excluding hydrogens is 230 g/mol. The van der Waals surface area contributed by atoms with E-state index in [1.807, 2.05) is 10.9 Å². The van der Waals surface area contributed by atoms with E-state index in [9.17, 15) is 0 Å². The van der Waals surface area contributed by atoms with Gasteiger partial charge in [0.1, 0.15) is 5.75 Å². The lowest BCUT2D eigenvalue weighted by molar-refractivity contribution is 0.409. The summed E-state index contributed by atoms with van der Waals surface area (Å²) in [5.41, 5.74) is 6.42. The molecule has 0 amide bonds. The number of hydrogen-bond acceptors (Lipinski definition) is 4. The van der Waals surface area contributed by atoms with Crippen molar-refractivity contribution in [2.45, 2.75) is 19.9 Å². The van der Waals surface area contributed by atoms with Crippen molar-refractivity contribution in [1.82, 2.24) is 9.78 Å². The zero-order valence-corrected chi connectivity index (χ0v) is 10.6. The summed E-state index contributed by atoms with van der Waals surface area (Å²) >= 11 is 0. The third kappa shape index (κ3) is 2.74. The molecular formula is C13H17N3O2. The third-order valence-corrected chi connectivity index (χ3v) is 2.51. The quantitative estimate of drug-likeness (QED) is 0.825. The number of aryl methyl sites for hydroxylation is 1. The Labute approximate surface area is 106 Å². The van der Waals surface area contributed by atoms with Gasteiger partial charge in [-0.05, 0) is 18.6 Å². The van der Waals surface area contributed by atoms with Gasteiger partial charge in [-0.2, -0.15) is 5.10 Å². The Hall–Kier alpha value is -2.17. The molecule has 1 aromatic heterocycles. The Morgan fingerprint density at radius 1 is 1.33 bits per heavy atom. The number of rotatable bonds is 5. The Balaban J connectivity index is 2.16. The van der Waals surface area contributed by atoms with E-state index in [2.05, 4.69) is 12.0 Å². The molecule has 0 bridgehead atoms. The Bertz CT molecular complexity index is 523. The number of nitrogen functional groups attached to an aromatic ring is 1. The van der Waals surface area contributed by atoms with Crippen molar-refractivity contribution in [3.05, 3.63) is 30.6 Å². The van der Waals surface area contributed by atoms with Crippen LogP contribution in [0, 0.1) is 0 Å². The van der Waals surface area contributed by atoms with Gasteiger partial charge in [-0.25, -0.2) is 0 Å². The van der Waals surface area contributed by atoms with Gasteiger partial charge in [0.25, 0.3) is 0 Å². The van der Waals surface area contributed by atoms with Crippen molar-refractivity contribution < 1.29 is 9.47 Å². The van der Waals surface area contributed by atoms with E-state index in [4.69, 9.17) is 15.2 Å². The van der Waals surface area contributed by atoms with Gasteiger partial charge in [0.15, 0.2) is 11.5 Å². The molecule has 0 unspecified atom stereocenters. The third-order valence-electron chi connectivity index (χ3n) is 2.51. The van der Waals surface area contributed by atoms with Crippen molar-refractivity contribution in [3.8, 4) is 17.2 Å². The Morgan fingerprint density at radius 3 is 2.89 bits per heavy atom. The second kappa shape index (κ2) is 5.44. The molecule has 0 spiro atoms. The monoisotopic (exact) mass is 247 g/mol. The molecule has 0 saturated carbocycles. The number of aromatic nitrogens is 2. The average Bonchev–Trinajstić information content (AvgIpc) is 2.80.